The Balaban J connectivity index is 1.39. The van der Waals surface area contributed by atoms with Crippen molar-refractivity contribution in [1.82, 2.24) is 9.80 Å². The summed E-state index contributed by atoms with van der Waals surface area (Å²) in [5.74, 6) is -0.727. The summed E-state index contributed by atoms with van der Waals surface area (Å²) in [5, 5.41) is 4.68. The maximum absolute atomic E-state index is 13.5. The molecule has 1 aromatic heterocycles. The molecule has 0 saturated carbocycles. The zero-order chi connectivity index (χ0) is 24.4. The Morgan fingerprint density at radius 3 is 2.40 bits per heavy atom. The number of carbonyl (C=O) groups excluding carboxylic acids is 3. The smallest absolute Gasteiger partial charge is 0.411 e. The van der Waals surface area contributed by atoms with E-state index < -0.39 is 18.2 Å². The minimum absolute atomic E-state index is 0.134. The van der Waals surface area contributed by atoms with Crippen LogP contribution in [0.2, 0.25) is 0 Å². The second-order valence-corrected chi connectivity index (χ2v) is 9.54. The van der Waals surface area contributed by atoms with Crippen molar-refractivity contribution in [2.75, 3.05) is 18.4 Å². The van der Waals surface area contributed by atoms with Crippen molar-refractivity contribution in [2.45, 2.75) is 31.5 Å². The summed E-state index contributed by atoms with van der Waals surface area (Å²) in [6.45, 7) is 1.43. The van der Waals surface area contributed by atoms with E-state index in [0.717, 1.165) is 12.8 Å². The monoisotopic (exact) mass is 493 g/mol. The second kappa shape index (κ2) is 9.87. The van der Waals surface area contributed by atoms with Gasteiger partial charge in [0.05, 0.1) is 11.4 Å². The summed E-state index contributed by atoms with van der Waals surface area (Å²) in [6, 6.07) is 15.5. The first-order valence-electron chi connectivity index (χ1n) is 11.4. The molecule has 0 bridgehead atoms. The molecule has 2 aliphatic rings. The van der Waals surface area contributed by atoms with Gasteiger partial charge in [-0.25, -0.2) is 9.18 Å². The minimum Gasteiger partial charge on any atom is -0.438 e. The van der Waals surface area contributed by atoms with Crippen molar-refractivity contribution >= 4 is 34.9 Å². The summed E-state index contributed by atoms with van der Waals surface area (Å²) in [6.07, 6.45) is 0.466. The molecule has 0 spiro atoms. The van der Waals surface area contributed by atoms with Crippen LogP contribution in [-0.2, 0) is 16.1 Å². The number of hydrogen-bond donors (Lipinski definition) is 1. The van der Waals surface area contributed by atoms with Crippen LogP contribution >= 0.6 is 11.3 Å². The van der Waals surface area contributed by atoms with Gasteiger partial charge < -0.3 is 15.0 Å². The number of amides is 3. The van der Waals surface area contributed by atoms with Crippen LogP contribution in [0.1, 0.15) is 39.7 Å². The van der Waals surface area contributed by atoms with Crippen LogP contribution < -0.4 is 5.32 Å². The van der Waals surface area contributed by atoms with E-state index in [0.29, 0.717) is 34.8 Å². The first-order chi connectivity index (χ1) is 17.0. The van der Waals surface area contributed by atoms with Gasteiger partial charge in [-0.1, -0.05) is 30.3 Å². The Bertz CT molecular complexity index is 1210. The van der Waals surface area contributed by atoms with Crippen LogP contribution in [0, 0.1) is 5.82 Å². The van der Waals surface area contributed by atoms with E-state index in [4.69, 9.17) is 4.74 Å². The highest BCUT2D eigenvalue weighted by atomic mass is 32.1. The number of nitrogens with one attached hydrogen (secondary N) is 1. The summed E-state index contributed by atoms with van der Waals surface area (Å²) >= 11 is 1.35. The lowest BCUT2D eigenvalue weighted by Crippen LogP contribution is -2.47. The number of halogens is 1. The number of nitrogens with zero attached hydrogens (tertiary/aromatic N) is 2. The molecule has 2 fully saturated rings. The van der Waals surface area contributed by atoms with Crippen molar-refractivity contribution in [3.63, 3.8) is 0 Å². The molecule has 2 atom stereocenters. The standard InChI is InChI=1S/C26H24FN3O4S/c27-19-9-5-17(6-10-19)16-30-22(25(32)29-13-1-2-14-29)23(34-26(30)33)18-7-11-20(12-8-18)28-24(31)21-4-3-15-35-21/h3-12,15,22-23H,1-2,13-14,16H2,(H,28,31). The van der Waals surface area contributed by atoms with E-state index in [9.17, 15) is 18.8 Å². The quantitative estimate of drug-likeness (QED) is 0.534. The van der Waals surface area contributed by atoms with Crippen molar-refractivity contribution in [2.24, 2.45) is 0 Å². The molecule has 2 aromatic carbocycles. The molecule has 0 aliphatic carbocycles. The number of rotatable bonds is 6. The third-order valence-corrected chi connectivity index (χ3v) is 7.13. The highest BCUT2D eigenvalue weighted by molar-refractivity contribution is 7.12. The molecular weight excluding hydrogens is 469 g/mol. The number of cyclic esters (lactones) is 1. The molecule has 180 valence electrons. The zero-order valence-electron chi connectivity index (χ0n) is 18.9. The average Bonchev–Trinajstić information content (AvgIpc) is 3.63. The Morgan fingerprint density at radius 2 is 1.74 bits per heavy atom. The summed E-state index contributed by atoms with van der Waals surface area (Å²) < 4.78 is 19.1. The predicted molar refractivity (Wildman–Crippen MR) is 129 cm³/mol. The lowest BCUT2D eigenvalue weighted by molar-refractivity contribution is -0.135. The van der Waals surface area contributed by atoms with Gasteiger partial charge in [-0.2, -0.15) is 0 Å². The van der Waals surface area contributed by atoms with Crippen LogP contribution in [0.4, 0.5) is 14.9 Å². The second-order valence-electron chi connectivity index (χ2n) is 8.59. The highest BCUT2D eigenvalue weighted by Gasteiger charge is 2.48. The van der Waals surface area contributed by atoms with Crippen LogP contribution in [0.25, 0.3) is 0 Å². The third kappa shape index (κ3) is 4.90. The Labute approximate surface area is 206 Å². The fraction of sp³-hybridized carbons (Fsp3) is 0.269. The van der Waals surface area contributed by atoms with E-state index in [2.05, 4.69) is 5.32 Å². The molecule has 5 rings (SSSR count). The van der Waals surface area contributed by atoms with Crippen LogP contribution in [-0.4, -0.2) is 46.8 Å². The lowest BCUT2D eigenvalue weighted by atomic mass is 10.00. The molecule has 2 unspecified atom stereocenters. The Kier molecular flexibility index (Phi) is 6.50. The zero-order valence-corrected chi connectivity index (χ0v) is 19.7. The molecular formula is C26H24FN3O4S. The van der Waals surface area contributed by atoms with E-state index in [1.165, 1.54) is 28.4 Å². The molecule has 3 aromatic rings. The first-order valence-corrected chi connectivity index (χ1v) is 12.3. The molecule has 2 saturated heterocycles. The normalized spacial score (nSPS) is 19.6. The fourth-order valence-electron chi connectivity index (χ4n) is 4.46. The lowest BCUT2D eigenvalue weighted by Gasteiger charge is -2.28. The molecule has 35 heavy (non-hydrogen) atoms. The number of ether oxygens (including phenoxy) is 1. The van der Waals surface area contributed by atoms with Crippen molar-refractivity contribution in [1.29, 1.82) is 0 Å². The fourth-order valence-corrected chi connectivity index (χ4v) is 5.08. The van der Waals surface area contributed by atoms with E-state index in [1.54, 1.807) is 47.4 Å². The maximum atomic E-state index is 13.5. The van der Waals surface area contributed by atoms with E-state index in [1.807, 2.05) is 11.4 Å². The molecule has 7 nitrogen and oxygen atoms in total. The van der Waals surface area contributed by atoms with Gasteiger partial charge in [-0.3, -0.25) is 14.5 Å². The summed E-state index contributed by atoms with van der Waals surface area (Å²) in [4.78, 5) is 42.5. The van der Waals surface area contributed by atoms with Gasteiger partial charge >= 0.3 is 6.09 Å². The van der Waals surface area contributed by atoms with Crippen LogP contribution in [0.5, 0.6) is 0 Å². The van der Waals surface area contributed by atoms with E-state index in [-0.39, 0.29) is 24.2 Å². The molecule has 2 aliphatic heterocycles. The van der Waals surface area contributed by atoms with Crippen LogP contribution in [0.3, 0.4) is 0 Å². The number of carbonyl (C=O) groups is 3. The summed E-state index contributed by atoms with van der Waals surface area (Å²) in [5.41, 5.74) is 1.96. The first kappa shape index (κ1) is 23.0. The Morgan fingerprint density at radius 1 is 1.03 bits per heavy atom. The number of likely N-dealkylation sites (tertiary alicyclic amines) is 1. The topological polar surface area (TPSA) is 79.0 Å². The predicted octanol–water partition coefficient (Wildman–Crippen LogP) is 4.82. The van der Waals surface area contributed by atoms with Gasteiger partial charge in [0.15, 0.2) is 12.1 Å². The van der Waals surface area contributed by atoms with Gasteiger partial charge in [0.1, 0.15) is 5.82 Å². The van der Waals surface area contributed by atoms with Gasteiger partial charge in [-0.05, 0) is 59.7 Å². The van der Waals surface area contributed by atoms with Crippen molar-refractivity contribution in [3.8, 4) is 0 Å². The van der Waals surface area contributed by atoms with E-state index >= 15 is 0 Å². The molecule has 3 amide bonds. The number of thiophene rings is 1. The number of hydrogen-bond acceptors (Lipinski definition) is 5. The largest absolute Gasteiger partial charge is 0.438 e. The van der Waals surface area contributed by atoms with Crippen molar-refractivity contribution < 1.29 is 23.5 Å². The van der Waals surface area contributed by atoms with Gasteiger partial charge in [0.2, 0.25) is 5.91 Å². The third-order valence-electron chi connectivity index (χ3n) is 6.26. The average molecular weight is 494 g/mol. The Hall–Kier alpha value is -3.72. The molecule has 1 N–H and O–H groups in total. The van der Waals surface area contributed by atoms with Gasteiger partial charge in [0, 0.05) is 18.8 Å². The molecule has 9 heteroatoms. The molecule has 0 radical (unpaired) electrons. The number of anilines is 1. The van der Waals surface area contributed by atoms with Crippen molar-refractivity contribution in [3.05, 3.63) is 87.9 Å². The minimum atomic E-state index is -0.836. The molecule has 3 heterocycles. The SMILES string of the molecule is O=C(Nc1ccc(C2OC(=O)N(Cc3ccc(F)cc3)C2C(=O)N2CCCC2)cc1)c1cccs1. The summed E-state index contributed by atoms with van der Waals surface area (Å²) in [7, 11) is 0. The van der Waals surface area contributed by atoms with Gasteiger partial charge in [-0.15, -0.1) is 11.3 Å². The highest BCUT2D eigenvalue weighted by Crippen LogP contribution is 2.36. The van der Waals surface area contributed by atoms with Gasteiger partial charge in [0.25, 0.3) is 5.91 Å². The maximum Gasteiger partial charge on any atom is 0.411 e. The number of benzene rings is 2. The van der Waals surface area contributed by atoms with Crippen LogP contribution in [0.15, 0.2) is 66.0 Å².